The molecule has 0 aliphatic carbocycles. The van der Waals surface area contributed by atoms with Gasteiger partial charge in [0.05, 0.1) is 20.3 Å². The molecule has 1 aromatic rings. The van der Waals surface area contributed by atoms with E-state index in [0.717, 1.165) is 0 Å². The number of carbonyl (C=O) groups excluding carboxylic acids is 1. The third kappa shape index (κ3) is 3.20. The molecule has 1 heterocycles. The van der Waals surface area contributed by atoms with Crippen molar-refractivity contribution >= 4 is 5.97 Å². The van der Waals surface area contributed by atoms with E-state index in [4.69, 9.17) is 25.4 Å². The van der Waals surface area contributed by atoms with Crippen molar-refractivity contribution in [3.63, 3.8) is 0 Å². The standard InChI is InChI=1S/C15H17NO5/c1-4-6-16-13(15(17)19-5-2)10-7-11(18-3)14-12(8-10)20-9-21-14/h1,7-8,13,16H,5-6,9H2,2-3H3. The van der Waals surface area contributed by atoms with Crippen molar-refractivity contribution in [1.29, 1.82) is 0 Å². The molecule has 6 nitrogen and oxygen atoms in total. The number of carbonyl (C=O) groups is 1. The predicted molar refractivity (Wildman–Crippen MR) is 75.3 cm³/mol. The quantitative estimate of drug-likeness (QED) is 0.628. The van der Waals surface area contributed by atoms with E-state index in [1.54, 1.807) is 19.1 Å². The van der Waals surface area contributed by atoms with Crippen molar-refractivity contribution in [3.8, 4) is 29.6 Å². The van der Waals surface area contributed by atoms with Gasteiger partial charge < -0.3 is 18.9 Å². The maximum absolute atomic E-state index is 12.1. The van der Waals surface area contributed by atoms with Crippen LogP contribution in [0.3, 0.4) is 0 Å². The van der Waals surface area contributed by atoms with Crippen molar-refractivity contribution in [2.24, 2.45) is 0 Å². The molecule has 0 aromatic heterocycles. The minimum atomic E-state index is -0.690. The van der Waals surface area contributed by atoms with Crippen LogP contribution in [0.5, 0.6) is 17.2 Å². The molecule has 0 saturated carbocycles. The Morgan fingerprint density at radius 2 is 2.33 bits per heavy atom. The highest BCUT2D eigenvalue weighted by Crippen LogP contribution is 2.43. The molecule has 0 spiro atoms. The Bertz CT molecular complexity index is 564. The average molecular weight is 291 g/mol. The first-order valence-electron chi connectivity index (χ1n) is 6.52. The molecule has 6 heteroatoms. The largest absolute Gasteiger partial charge is 0.493 e. The van der Waals surface area contributed by atoms with E-state index in [1.807, 2.05) is 0 Å². The average Bonchev–Trinajstić information content (AvgIpc) is 2.95. The molecule has 1 atom stereocenters. The van der Waals surface area contributed by atoms with E-state index < -0.39 is 12.0 Å². The number of hydrogen-bond acceptors (Lipinski definition) is 6. The fourth-order valence-electron chi connectivity index (χ4n) is 2.04. The monoisotopic (exact) mass is 291 g/mol. The number of nitrogens with one attached hydrogen (secondary N) is 1. The van der Waals surface area contributed by atoms with Gasteiger partial charge >= 0.3 is 5.97 Å². The molecule has 0 radical (unpaired) electrons. The maximum Gasteiger partial charge on any atom is 0.327 e. The summed E-state index contributed by atoms with van der Waals surface area (Å²) >= 11 is 0. The number of methoxy groups -OCH3 is 1. The minimum absolute atomic E-state index is 0.122. The van der Waals surface area contributed by atoms with Crippen LogP contribution in [0.4, 0.5) is 0 Å². The van der Waals surface area contributed by atoms with Gasteiger partial charge in [-0.05, 0) is 24.6 Å². The van der Waals surface area contributed by atoms with E-state index in [0.29, 0.717) is 22.8 Å². The highest BCUT2D eigenvalue weighted by molar-refractivity contribution is 5.78. The van der Waals surface area contributed by atoms with Crippen molar-refractivity contribution in [1.82, 2.24) is 5.32 Å². The second kappa shape index (κ2) is 6.86. The Kier molecular flexibility index (Phi) is 4.90. The van der Waals surface area contributed by atoms with Gasteiger partial charge in [0.1, 0.15) is 6.04 Å². The van der Waals surface area contributed by atoms with Gasteiger partial charge in [0.2, 0.25) is 12.5 Å². The topological polar surface area (TPSA) is 66.0 Å². The molecule has 1 unspecified atom stereocenters. The van der Waals surface area contributed by atoms with Gasteiger partial charge in [0.15, 0.2) is 11.5 Å². The molecular weight excluding hydrogens is 274 g/mol. The summed E-state index contributed by atoms with van der Waals surface area (Å²) in [7, 11) is 1.52. The summed E-state index contributed by atoms with van der Waals surface area (Å²) in [5.41, 5.74) is 0.643. The molecule has 1 aliphatic heterocycles. The molecule has 1 aromatic carbocycles. The minimum Gasteiger partial charge on any atom is -0.493 e. The first-order valence-corrected chi connectivity index (χ1v) is 6.52. The molecule has 21 heavy (non-hydrogen) atoms. The molecule has 0 bridgehead atoms. The molecule has 0 amide bonds. The first kappa shape index (κ1) is 15.0. The van der Waals surface area contributed by atoms with Gasteiger partial charge in [-0.1, -0.05) is 5.92 Å². The lowest BCUT2D eigenvalue weighted by atomic mass is 10.1. The predicted octanol–water partition coefficient (Wildman–Crippen LogP) is 1.25. The van der Waals surface area contributed by atoms with Gasteiger partial charge in [-0.3, -0.25) is 5.32 Å². The van der Waals surface area contributed by atoms with Crippen LogP contribution in [-0.2, 0) is 9.53 Å². The lowest BCUT2D eigenvalue weighted by Crippen LogP contribution is -2.30. The van der Waals surface area contributed by atoms with E-state index in [2.05, 4.69) is 11.2 Å². The highest BCUT2D eigenvalue weighted by Gasteiger charge is 2.27. The zero-order chi connectivity index (χ0) is 15.2. The molecule has 1 N–H and O–H groups in total. The Morgan fingerprint density at radius 3 is 3.00 bits per heavy atom. The fraction of sp³-hybridized carbons (Fsp3) is 0.400. The van der Waals surface area contributed by atoms with Crippen LogP contribution in [-0.4, -0.2) is 33.0 Å². The number of ether oxygens (including phenoxy) is 4. The Hall–Kier alpha value is -2.39. The highest BCUT2D eigenvalue weighted by atomic mass is 16.7. The molecular formula is C15H17NO5. The molecule has 0 saturated heterocycles. The van der Waals surface area contributed by atoms with Gasteiger partial charge in [-0.25, -0.2) is 4.79 Å². The van der Waals surface area contributed by atoms with Crippen molar-refractivity contribution in [3.05, 3.63) is 17.7 Å². The Labute approximate surface area is 123 Å². The normalized spacial score (nSPS) is 13.4. The summed E-state index contributed by atoms with van der Waals surface area (Å²) in [5.74, 6) is 3.59. The van der Waals surface area contributed by atoms with E-state index in [1.165, 1.54) is 7.11 Å². The smallest absolute Gasteiger partial charge is 0.327 e. The Morgan fingerprint density at radius 1 is 1.52 bits per heavy atom. The second-order valence-electron chi connectivity index (χ2n) is 4.23. The van der Waals surface area contributed by atoms with Gasteiger partial charge in [-0.15, -0.1) is 6.42 Å². The SMILES string of the molecule is C#CCNC(C(=O)OCC)c1cc(OC)c2c(c1)OCO2. The van der Waals surface area contributed by atoms with Gasteiger partial charge in [0.25, 0.3) is 0 Å². The molecule has 112 valence electrons. The van der Waals surface area contributed by atoms with E-state index >= 15 is 0 Å². The van der Waals surface area contributed by atoms with Crippen molar-refractivity contribution in [2.45, 2.75) is 13.0 Å². The van der Waals surface area contributed by atoms with E-state index in [-0.39, 0.29) is 19.9 Å². The number of esters is 1. The lowest BCUT2D eigenvalue weighted by Gasteiger charge is -2.17. The summed E-state index contributed by atoms with van der Waals surface area (Å²) in [4.78, 5) is 12.1. The van der Waals surface area contributed by atoms with Crippen LogP contribution in [0.15, 0.2) is 12.1 Å². The summed E-state index contributed by atoms with van der Waals surface area (Å²) in [5, 5.41) is 2.95. The zero-order valence-corrected chi connectivity index (χ0v) is 12.0. The first-order chi connectivity index (χ1) is 10.2. The zero-order valence-electron chi connectivity index (χ0n) is 12.0. The van der Waals surface area contributed by atoms with E-state index in [9.17, 15) is 4.79 Å². The summed E-state index contributed by atoms with van der Waals surface area (Å²) in [6.07, 6.45) is 5.24. The number of benzene rings is 1. The third-order valence-electron chi connectivity index (χ3n) is 2.94. The second-order valence-corrected chi connectivity index (χ2v) is 4.23. The summed E-state index contributed by atoms with van der Waals surface area (Å²) < 4.78 is 21.0. The number of terminal acetylenes is 1. The molecule has 2 rings (SSSR count). The maximum atomic E-state index is 12.1. The summed E-state index contributed by atoms with van der Waals surface area (Å²) in [6, 6.07) is 2.73. The van der Waals surface area contributed by atoms with Crippen molar-refractivity contribution < 1.29 is 23.7 Å². The van der Waals surface area contributed by atoms with Crippen LogP contribution in [0.25, 0.3) is 0 Å². The van der Waals surface area contributed by atoms with Crippen molar-refractivity contribution in [2.75, 3.05) is 27.1 Å². The van der Waals surface area contributed by atoms with Gasteiger partial charge in [-0.2, -0.15) is 0 Å². The van der Waals surface area contributed by atoms with Crippen LogP contribution < -0.4 is 19.5 Å². The fourth-order valence-corrected chi connectivity index (χ4v) is 2.04. The Balaban J connectivity index is 2.35. The number of hydrogen-bond donors (Lipinski definition) is 1. The third-order valence-corrected chi connectivity index (χ3v) is 2.94. The van der Waals surface area contributed by atoms with Crippen LogP contribution in [0.2, 0.25) is 0 Å². The lowest BCUT2D eigenvalue weighted by molar-refractivity contribution is -0.145. The number of rotatable bonds is 6. The molecule has 0 fully saturated rings. The van der Waals surface area contributed by atoms with Crippen LogP contribution in [0.1, 0.15) is 18.5 Å². The van der Waals surface area contributed by atoms with Crippen LogP contribution in [0, 0.1) is 12.3 Å². The molecule has 1 aliphatic rings. The summed E-state index contributed by atoms with van der Waals surface area (Å²) in [6.45, 7) is 2.39. The van der Waals surface area contributed by atoms with Gasteiger partial charge in [0, 0.05) is 0 Å². The number of fused-ring (bicyclic) bond motifs is 1. The van der Waals surface area contributed by atoms with Crippen LogP contribution >= 0.6 is 0 Å².